The number of rotatable bonds is 6. The third-order valence-corrected chi connectivity index (χ3v) is 3.50. The summed E-state index contributed by atoms with van der Waals surface area (Å²) >= 11 is 0. The quantitative estimate of drug-likeness (QED) is 0.837. The molecule has 0 aliphatic carbocycles. The zero-order valence-corrected chi connectivity index (χ0v) is 11.7. The maximum absolute atomic E-state index is 13.7. The fraction of sp³-hybridized carbons (Fsp3) is 0.533. The highest BCUT2D eigenvalue weighted by Gasteiger charge is 2.17. The summed E-state index contributed by atoms with van der Waals surface area (Å²) in [7, 11) is 0. The lowest BCUT2D eigenvalue weighted by molar-refractivity contribution is 0.0947. The van der Waals surface area contributed by atoms with E-state index in [0.29, 0.717) is 19.1 Å². The van der Waals surface area contributed by atoms with E-state index in [4.69, 9.17) is 4.74 Å². The first-order valence-electron chi connectivity index (χ1n) is 7.12. The summed E-state index contributed by atoms with van der Waals surface area (Å²) in [4.78, 5) is 12.1. The molecule has 5 heteroatoms. The van der Waals surface area contributed by atoms with Crippen molar-refractivity contribution in [2.45, 2.75) is 19.8 Å². The molecule has 1 unspecified atom stereocenters. The molecular formula is C15H21FN2O2. The van der Waals surface area contributed by atoms with Crippen LogP contribution in [0.4, 0.5) is 4.39 Å². The molecule has 1 aliphatic rings. The maximum Gasteiger partial charge on any atom is 0.255 e. The van der Waals surface area contributed by atoms with Gasteiger partial charge in [-0.15, -0.1) is 0 Å². The molecule has 1 atom stereocenters. The molecule has 2 rings (SSSR count). The predicted octanol–water partition coefficient (Wildman–Crippen LogP) is 1.95. The molecular weight excluding hydrogens is 259 g/mol. The lowest BCUT2D eigenvalue weighted by Crippen LogP contribution is -2.27. The Morgan fingerprint density at radius 1 is 1.55 bits per heavy atom. The van der Waals surface area contributed by atoms with E-state index in [-0.39, 0.29) is 17.2 Å². The van der Waals surface area contributed by atoms with Gasteiger partial charge in [-0.2, -0.15) is 0 Å². The molecule has 0 saturated carbocycles. The number of nitrogens with one attached hydrogen (secondary N) is 2. The third kappa shape index (κ3) is 3.70. The van der Waals surface area contributed by atoms with Crippen LogP contribution in [0.3, 0.4) is 0 Å². The van der Waals surface area contributed by atoms with Crippen molar-refractivity contribution >= 4 is 5.91 Å². The van der Waals surface area contributed by atoms with Gasteiger partial charge in [-0.3, -0.25) is 4.79 Å². The van der Waals surface area contributed by atoms with Crippen molar-refractivity contribution in [2.24, 2.45) is 5.92 Å². The molecule has 1 aromatic carbocycles. The molecule has 1 fully saturated rings. The Kier molecular flexibility index (Phi) is 5.35. The van der Waals surface area contributed by atoms with Crippen LogP contribution in [0.25, 0.3) is 0 Å². The first kappa shape index (κ1) is 14.8. The molecule has 4 nitrogen and oxygen atoms in total. The number of hydrogen-bond donors (Lipinski definition) is 2. The molecule has 110 valence electrons. The van der Waals surface area contributed by atoms with Gasteiger partial charge < -0.3 is 15.4 Å². The lowest BCUT2D eigenvalue weighted by atomic mass is 10.1. The standard InChI is InChI=1S/C15H21FN2O2/c1-2-20-14-12(4-3-5-13(14)16)15(19)18-9-7-11-6-8-17-10-11/h3-5,11,17H,2,6-10H2,1H3,(H,18,19). The van der Waals surface area contributed by atoms with Crippen molar-refractivity contribution in [2.75, 3.05) is 26.2 Å². The van der Waals surface area contributed by atoms with Crippen LogP contribution in [0.2, 0.25) is 0 Å². The van der Waals surface area contributed by atoms with Crippen LogP contribution in [0, 0.1) is 11.7 Å². The number of hydrogen-bond acceptors (Lipinski definition) is 3. The first-order valence-corrected chi connectivity index (χ1v) is 7.12. The minimum absolute atomic E-state index is 0.0371. The summed E-state index contributed by atoms with van der Waals surface area (Å²) in [6.07, 6.45) is 2.10. The van der Waals surface area contributed by atoms with Crippen LogP contribution in [-0.2, 0) is 0 Å². The van der Waals surface area contributed by atoms with Gasteiger partial charge in [0.15, 0.2) is 11.6 Å². The molecule has 1 amide bonds. The van der Waals surface area contributed by atoms with E-state index in [1.807, 2.05) is 0 Å². The largest absolute Gasteiger partial charge is 0.490 e. The monoisotopic (exact) mass is 280 g/mol. The van der Waals surface area contributed by atoms with Gasteiger partial charge in [0.25, 0.3) is 5.91 Å². The normalized spacial score (nSPS) is 18.0. The second kappa shape index (κ2) is 7.24. The molecule has 0 aromatic heterocycles. The van der Waals surface area contributed by atoms with Crippen LogP contribution >= 0.6 is 0 Å². The Labute approximate surface area is 118 Å². The molecule has 1 saturated heterocycles. The topological polar surface area (TPSA) is 50.4 Å². The van der Waals surface area contributed by atoms with E-state index >= 15 is 0 Å². The number of benzene rings is 1. The Bertz CT molecular complexity index is 459. The van der Waals surface area contributed by atoms with Crippen molar-refractivity contribution < 1.29 is 13.9 Å². The van der Waals surface area contributed by atoms with Gasteiger partial charge in [0.2, 0.25) is 0 Å². The molecule has 0 spiro atoms. The minimum atomic E-state index is -0.500. The Morgan fingerprint density at radius 2 is 2.40 bits per heavy atom. The highest BCUT2D eigenvalue weighted by molar-refractivity contribution is 5.96. The van der Waals surface area contributed by atoms with Crippen LogP contribution in [-0.4, -0.2) is 32.1 Å². The summed E-state index contributed by atoms with van der Waals surface area (Å²) < 4.78 is 18.9. The fourth-order valence-electron chi connectivity index (χ4n) is 2.42. The number of halogens is 1. The maximum atomic E-state index is 13.7. The molecule has 1 aromatic rings. The average Bonchev–Trinajstić information content (AvgIpc) is 2.94. The Hall–Kier alpha value is -1.62. The minimum Gasteiger partial charge on any atom is -0.490 e. The second-order valence-electron chi connectivity index (χ2n) is 4.95. The smallest absolute Gasteiger partial charge is 0.255 e. The SMILES string of the molecule is CCOc1c(F)cccc1C(=O)NCCC1CCNC1. The van der Waals surface area contributed by atoms with Gasteiger partial charge in [0.05, 0.1) is 12.2 Å². The van der Waals surface area contributed by atoms with E-state index in [1.165, 1.54) is 12.1 Å². The zero-order chi connectivity index (χ0) is 14.4. The summed E-state index contributed by atoms with van der Waals surface area (Å²) in [6.45, 7) is 4.76. The molecule has 1 aliphatic heterocycles. The van der Waals surface area contributed by atoms with Gasteiger partial charge >= 0.3 is 0 Å². The summed E-state index contributed by atoms with van der Waals surface area (Å²) in [5.74, 6) is -0.123. The summed E-state index contributed by atoms with van der Waals surface area (Å²) in [5, 5.41) is 6.13. The van der Waals surface area contributed by atoms with Gasteiger partial charge in [-0.25, -0.2) is 4.39 Å². The van der Waals surface area contributed by atoms with Crippen molar-refractivity contribution in [1.29, 1.82) is 0 Å². The van der Waals surface area contributed by atoms with Crippen molar-refractivity contribution in [1.82, 2.24) is 10.6 Å². The summed E-state index contributed by atoms with van der Waals surface area (Å²) in [5.41, 5.74) is 0.261. The van der Waals surface area contributed by atoms with Crippen molar-refractivity contribution in [3.05, 3.63) is 29.6 Å². The Morgan fingerprint density at radius 3 is 3.10 bits per heavy atom. The van der Waals surface area contributed by atoms with Crippen LogP contribution < -0.4 is 15.4 Å². The fourth-order valence-corrected chi connectivity index (χ4v) is 2.42. The summed E-state index contributed by atoms with van der Waals surface area (Å²) in [6, 6.07) is 4.40. The third-order valence-electron chi connectivity index (χ3n) is 3.50. The van der Waals surface area contributed by atoms with E-state index in [9.17, 15) is 9.18 Å². The van der Waals surface area contributed by atoms with Crippen molar-refractivity contribution in [3.63, 3.8) is 0 Å². The van der Waals surface area contributed by atoms with Crippen LogP contribution in [0.5, 0.6) is 5.75 Å². The number of carbonyl (C=O) groups excluding carboxylic acids is 1. The molecule has 0 bridgehead atoms. The van der Waals surface area contributed by atoms with E-state index in [1.54, 1.807) is 13.0 Å². The van der Waals surface area contributed by atoms with Crippen LogP contribution in [0.15, 0.2) is 18.2 Å². The average molecular weight is 280 g/mol. The molecule has 0 radical (unpaired) electrons. The van der Waals surface area contributed by atoms with Gasteiger partial charge in [0.1, 0.15) is 0 Å². The molecule has 20 heavy (non-hydrogen) atoms. The van der Waals surface area contributed by atoms with E-state index < -0.39 is 5.82 Å². The van der Waals surface area contributed by atoms with Gasteiger partial charge in [0, 0.05) is 6.54 Å². The van der Waals surface area contributed by atoms with E-state index in [0.717, 1.165) is 25.9 Å². The van der Waals surface area contributed by atoms with Crippen LogP contribution in [0.1, 0.15) is 30.1 Å². The van der Waals surface area contributed by atoms with Crippen molar-refractivity contribution in [3.8, 4) is 5.75 Å². The predicted molar refractivity (Wildman–Crippen MR) is 75.5 cm³/mol. The highest BCUT2D eigenvalue weighted by atomic mass is 19.1. The number of amides is 1. The molecule has 1 heterocycles. The second-order valence-corrected chi connectivity index (χ2v) is 4.95. The zero-order valence-electron chi connectivity index (χ0n) is 11.7. The van der Waals surface area contributed by atoms with Gasteiger partial charge in [-0.1, -0.05) is 6.07 Å². The number of para-hydroxylation sites is 1. The number of carbonyl (C=O) groups is 1. The number of ether oxygens (including phenoxy) is 1. The first-order chi connectivity index (χ1) is 9.72. The molecule has 2 N–H and O–H groups in total. The van der Waals surface area contributed by atoms with Gasteiger partial charge in [-0.05, 0) is 50.9 Å². The highest BCUT2D eigenvalue weighted by Crippen LogP contribution is 2.22. The lowest BCUT2D eigenvalue weighted by Gasteiger charge is -2.12. The van der Waals surface area contributed by atoms with E-state index in [2.05, 4.69) is 10.6 Å². The Balaban J connectivity index is 1.92.